The normalized spacial score (nSPS) is 16.6. The number of benzene rings is 2. The third kappa shape index (κ3) is 4.67. The van der Waals surface area contributed by atoms with Gasteiger partial charge < -0.3 is 4.42 Å². The summed E-state index contributed by atoms with van der Waals surface area (Å²) in [6, 6.07) is 21.3. The Morgan fingerprint density at radius 1 is 1.00 bits per heavy atom. The summed E-state index contributed by atoms with van der Waals surface area (Å²) in [6.45, 7) is 12.4. The maximum atomic E-state index is 6.12. The molecule has 0 saturated heterocycles. The lowest BCUT2D eigenvalue weighted by molar-refractivity contribution is 0.596. The monoisotopic (exact) mass is 457 g/mol. The zero-order chi connectivity index (χ0) is 21.5. The standard InChI is InChI=1S/C25H18BrNO.C2H6/c1-18-17-20(26)14-16-27(21-9-4-3-5-10-21)15-8-12-23-22-11-6-7-13-24(22)28-25(23)19(18)2;1-2/h3-7,9-11,13-14,16-17H,1-2,12H2;1-2H3/b16-14-,20-17+;. The van der Waals surface area contributed by atoms with E-state index < -0.39 is 0 Å². The second-order valence-electron chi connectivity index (χ2n) is 6.43. The third-order valence-corrected chi connectivity index (χ3v) is 5.05. The van der Waals surface area contributed by atoms with E-state index in [4.69, 9.17) is 4.42 Å². The van der Waals surface area contributed by atoms with Gasteiger partial charge in [-0.15, -0.1) is 0 Å². The minimum absolute atomic E-state index is 0.556. The van der Waals surface area contributed by atoms with E-state index in [1.807, 2.05) is 85.6 Å². The molecule has 0 fully saturated rings. The molecule has 30 heavy (non-hydrogen) atoms. The molecule has 1 aliphatic rings. The summed E-state index contributed by atoms with van der Waals surface area (Å²) >= 11 is 3.59. The van der Waals surface area contributed by atoms with Crippen molar-refractivity contribution in [2.24, 2.45) is 0 Å². The van der Waals surface area contributed by atoms with Gasteiger partial charge in [-0.25, -0.2) is 0 Å². The van der Waals surface area contributed by atoms with Crippen LogP contribution in [0.4, 0.5) is 5.69 Å². The Labute approximate surface area is 187 Å². The fraction of sp³-hybridized carbons (Fsp3) is 0.111. The molecule has 2 heterocycles. The fourth-order valence-corrected chi connectivity index (χ4v) is 3.50. The van der Waals surface area contributed by atoms with Crippen molar-refractivity contribution in [3.05, 3.63) is 107 Å². The number of anilines is 1. The molecule has 2 nitrogen and oxygen atoms in total. The van der Waals surface area contributed by atoms with Crippen LogP contribution in [0.15, 0.2) is 101 Å². The van der Waals surface area contributed by atoms with Crippen molar-refractivity contribution in [2.45, 2.75) is 20.3 Å². The summed E-state index contributed by atoms with van der Waals surface area (Å²) < 4.78 is 6.99. The van der Waals surface area contributed by atoms with Gasteiger partial charge in [0, 0.05) is 39.7 Å². The summed E-state index contributed by atoms with van der Waals surface area (Å²) in [6.07, 6.45) is 6.38. The molecule has 0 saturated carbocycles. The van der Waals surface area contributed by atoms with Gasteiger partial charge in [-0.05, 0) is 35.9 Å². The van der Waals surface area contributed by atoms with E-state index in [-0.39, 0.29) is 0 Å². The maximum absolute atomic E-state index is 6.12. The quantitative estimate of drug-likeness (QED) is 0.345. The number of para-hydroxylation sites is 2. The smallest absolute Gasteiger partial charge is 0.139 e. The predicted octanol–water partition coefficient (Wildman–Crippen LogP) is 7.84. The van der Waals surface area contributed by atoms with Crippen LogP contribution in [0.3, 0.4) is 0 Å². The zero-order valence-electron chi connectivity index (χ0n) is 17.3. The van der Waals surface area contributed by atoms with Crippen molar-refractivity contribution in [2.75, 3.05) is 4.90 Å². The summed E-state index contributed by atoms with van der Waals surface area (Å²) in [7, 11) is 0. The average Bonchev–Trinajstić information content (AvgIpc) is 3.15. The first-order valence-corrected chi connectivity index (χ1v) is 10.7. The summed E-state index contributed by atoms with van der Waals surface area (Å²) in [5, 5.41) is 1.06. The molecule has 0 unspecified atom stereocenters. The van der Waals surface area contributed by atoms with Gasteiger partial charge in [-0.3, -0.25) is 4.90 Å². The first-order valence-electron chi connectivity index (χ1n) is 9.90. The molecule has 3 aromatic rings. The van der Waals surface area contributed by atoms with Crippen LogP contribution in [0.2, 0.25) is 0 Å². The molecule has 0 amide bonds. The van der Waals surface area contributed by atoms with E-state index in [1.54, 1.807) is 0 Å². The van der Waals surface area contributed by atoms with E-state index in [9.17, 15) is 0 Å². The molecule has 0 atom stereocenters. The van der Waals surface area contributed by atoms with Gasteiger partial charge in [-0.2, -0.15) is 0 Å². The lowest BCUT2D eigenvalue weighted by Gasteiger charge is -2.13. The van der Waals surface area contributed by atoms with Crippen LogP contribution >= 0.6 is 15.9 Å². The second-order valence-corrected chi connectivity index (χ2v) is 7.34. The highest BCUT2D eigenvalue weighted by molar-refractivity contribution is 9.11. The third-order valence-electron chi connectivity index (χ3n) is 4.55. The molecule has 0 N–H and O–H groups in total. The number of rotatable bonds is 1. The number of nitrogens with zero attached hydrogens (tertiary/aromatic N) is 1. The van der Waals surface area contributed by atoms with E-state index >= 15 is 0 Å². The van der Waals surface area contributed by atoms with Gasteiger partial charge in [-0.1, -0.05) is 85.3 Å². The Kier molecular flexibility index (Phi) is 7.17. The molecule has 0 radical (unpaired) electrons. The van der Waals surface area contributed by atoms with Crippen LogP contribution in [-0.4, -0.2) is 0 Å². The predicted molar refractivity (Wildman–Crippen MR) is 132 cm³/mol. The Balaban J connectivity index is 0.00000124. The maximum Gasteiger partial charge on any atom is 0.139 e. The number of allylic oxidation sites excluding steroid dienone is 5. The number of furan rings is 1. The molecule has 3 heteroatoms. The van der Waals surface area contributed by atoms with Crippen LogP contribution in [0.25, 0.3) is 16.5 Å². The molecule has 2 aromatic carbocycles. The molecule has 4 rings (SSSR count). The summed E-state index contributed by atoms with van der Waals surface area (Å²) in [4.78, 5) is 1.91. The van der Waals surface area contributed by atoms with Crippen molar-refractivity contribution in [1.29, 1.82) is 0 Å². The Morgan fingerprint density at radius 3 is 2.47 bits per heavy atom. The van der Waals surface area contributed by atoms with Crippen molar-refractivity contribution in [1.82, 2.24) is 0 Å². The van der Waals surface area contributed by atoms with Gasteiger partial charge in [0.05, 0.1) is 5.69 Å². The first-order chi connectivity index (χ1) is 14.6. The molecule has 0 spiro atoms. The summed E-state index contributed by atoms with van der Waals surface area (Å²) in [5.41, 5.74) is 4.43. The van der Waals surface area contributed by atoms with Gasteiger partial charge in [0.25, 0.3) is 0 Å². The van der Waals surface area contributed by atoms with Gasteiger partial charge in [0.15, 0.2) is 0 Å². The highest BCUT2D eigenvalue weighted by atomic mass is 79.9. The van der Waals surface area contributed by atoms with Crippen molar-refractivity contribution in [3.8, 4) is 12.0 Å². The average molecular weight is 458 g/mol. The molecular formula is C27H24BrNO. The number of hydrogen-bond acceptors (Lipinski definition) is 2. The van der Waals surface area contributed by atoms with Crippen molar-refractivity contribution in [3.63, 3.8) is 0 Å². The van der Waals surface area contributed by atoms with Gasteiger partial charge >= 0.3 is 0 Å². The Hall–Kier alpha value is -3.22. The van der Waals surface area contributed by atoms with Crippen LogP contribution in [0.5, 0.6) is 0 Å². The largest absolute Gasteiger partial charge is 0.456 e. The van der Waals surface area contributed by atoms with Crippen molar-refractivity contribution < 1.29 is 4.42 Å². The first kappa shape index (κ1) is 21.5. The highest BCUT2D eigenvalue weighted by Crippen LogP contribution is 2.34. The zero-order valence-corrected chi connectivity index (χ0v) is 18.9. The molecule has 0 aliphatic carbocycles. The summed E-state index contributed by atoms with van der Waals surface area (Å²) in [5.74, 6) is 4.04. The van der Waals surface area contributed by atoms with E-state index in [0.717, 1.165) is 43.6 Å². The molecule has 1 aromatic heterocycles. The van der Waals surface area contributed by atoms with Crippen LogP contribution < -0.4 is 4.90 Å². The minimum Gasteiger partial charge on any atom is -0.456 e. The SMILES string of the molecule is C=C1/C=C(Br)\C=C/N(c2ccccc2)C#CCc2c(oc3ccccc23)C1=C.CC. The number of halogens is 1. The lowest BCUT2D eigenvalue weighted by atomic mass is 9.99. The van der Waals surface area contributed by atoms with Gasteiger partial charge in [0.1, 0.15) is 11.3 Å². The molecular weight excluding hydrogens is 434 g/mol. The van der Waals surface area contributed by atoms with Gasteiger partial charge in [0.2, 0.25) is 0 Å². The Morgan fingerprint density at radius 2 is 1.70 bits per heavy atom. The topological polar surface area (TPSA) is 16.4 Å². The van der Waals surface area contributed by atoms with E-state index in [2.05, 4.69) is 47.1 Å². The highest BCUT2D eigenvalue weighted by Gasteiger charge is 2.17. The minimum atomic E-state index is 0.556. The number of hydrogen-bond donors (Lipinski definition) is 0. The van der Waals surface area contributed by atoms with E-state index in [1.165, 1.54) is 0 Å². The van der Waals surface area contributed by atoms with Crippen LogP contribution in [0.1, 0.15) is 25.2 Å². The number of fused-ring (bicyclic) bond motifs is 3. The Bertz CT molecular complexity index is 1190. The van der Waals surface area contributed by atoms with E-state index in [0.29, 0.717) is 6.42 Å². The molecule has 0 bridgehead atoms. The lowest BCUT2D eigenvalue weighted by Crippen LogP contribution is -2.07. The van der Waals surface area contributed by atoms with Crippen LogP contribution in [-0.2, 0) is 6.42 Å². The van der Waals surface area contributed by atoms with Crippen LogP contribution in [0, 0.1) is 12.0 Å². The molecule has 1 aliphatic heterocycles. The fourth-order valence-electron chi connectivity index (χ4n) is 3.10. The van der Waals surface area contributed by atoms with Crippen molar-refractivity contribution >= 4 is 38.2 Å². The molecule has 150 valence electrons. The second kappa shape index (κ2) is 10.0.